The Morgan fingerprint density at radius 1 is 1.37 bits per heavy atom. The lowest BCUT2D eigenvalue weighted by atomic mass is 10.4. The molecule has 0 saturated heterocycles. The van der Waals surface area contributed by atoms with Gasteiger partial charge < -0.3 is 5.32 Å². The molecule has 1 heterocycles. The molecule has 6 heteroatoms. The molecule has 2 rings (SSSR count). The average molecular weight is 296 g/mol. The Bertz CT molecular complexity index is 561. The minimum atomic E-state index is -0.275. The van der Waals surface area contributed by atoms with Gasteiger partial charge in [-0.25, -0.2) is 9.37 Å². The lowest BCUT2D eigenvalue weighted by Crippen LogP contribution is -2.13. The molecule has 19 heavy (non-hydrogen) atoms. The van der Waals surface area contributed by atoms with Gasteiger partial charge >= 0.3 is 0 Å². The van der Waals surface area contributed by atoms with E-state index in [1.807, 2.05) is 13.8 Å². The number of thioether (sulfide) groups is 1. The number of hydrogen-bond donors (Lipinski definition) is 1. The van der Waals surface area contributed by atoms with Gasteiger partial charge in [-0.05, 0) is 38.1 Å². The molecule has 2 aromatic rings. The zero-order chi connectivity index (χ0) is 13.8. The highest BCUT2D eigenvalue weighted by Crippen LogP contribution is 2.22. The first-order chi connectivity index (χ1) is 9.04. The number of amides is 1. The molecule has 0 spiro atoms. The first-order valence-corrected chi connectivity index (χ1v) is 7.47. The van der Waals surface area contributed by atoms with E-state index in [1.54, 1.807) is 12.1 Å². The van der Waals surface area contributed by atoms with Crippen LogP contribution in [0, 0.1) is 19.7 Å². The van der Waals surface area contributed by atoms with Gasteiger partial charge in [0.1, 0.15) is 5.82 Å². The maximum atomic E-state index is 12.7. The van der Waals surface area contributed by atoms with Crippen LogP contribution in [-0.2, 0) is 4.79 Å². The Hall–Kier alpha value is -1.40. The van der Waals surface area contributed by atoms with E-state index in [1.165, 1.54) is 35.2 Å². The Morgan fingerprint density at radius 2 is 2.05 bits per heavy atom. The van der Waals surface area contributed by atoms with Gasteiger partial charge in [0, 0.05) is 9.77 Å². The maximum absolute atomic E-state index is 12.7. The van der Waals surface area contributed by atoms with Crippen molar-refractivity contribution in [2.45, 2.75) is 18.7 Å². The molecule has 1 N–H and O–H groups in total. The molecule has 0 aliphatic carbocycles. The van der Waals surface area contributed by atoms with Crippen LogP contribution in [0.15, 0.2) is 29.2 Å². The highest BCUT2D eigenvalue weighted by atomic mass is 32.2. The number of nitrogens with zero attached hydrogens (tertiary/aromatic N) is 1. The predicted octanol–water partition coefficient (Wildman–Crippen LogP) is 3.63. The lowest BCUT2D eigenvalue weighted by molar-refractivity contribution is -0.113. The second-order valence-electron chi connectivity index (χ2n) is 3.95. The van der Waals surface area contributed by atoms with Crippen molar-refractivity contribution in [1.29, 1.82) is 0 Å². The summed E-state index contributed by atoms with van der Waals surface area (Å²) in [5.41, 5.74) is 0.937. The van der Waals surface area contributed by atoms with Crippen molar-refractivity contribution in [2.75, 3.05) is 11.1 Å². The smallest absolute Gasteiger partial charge is 0.236 e. The summed E-state index contributed by atoms with van der Waals surface area (Å²) in [6.07, 6.45) is 0. The number of aromatic nitrogens is 1. The molecular weight excluding hydrogens is 283 g/mol. The standard InChI is InChI=1S/C13H13FN2OS2/c1-8-9(2)19-13(15-8)16-12(17)7-18-11-5-3-10(14)4-6-11/h3-6H,7H2,1-2H3,(H,15,16,17). The van der Waals surface area contributed by atoms with Crippen molar-refractivity contribution in [3.63, 3.8) is 0 Å². The van der Waals surface area contributed by atoms with Gasteiger partial charge in [0.15, 0.2) is 5.13 Å². The third kappa shape index (κ3) is 4.04. The minimum Gasteiger partial charge on any atom is -0.301 e. The SMILES string of the molecule is Cc1nc(NC(=O)CSc2ccc(F)cc2)sc1C. The summed E-state index contributed by atoms with van der Waals surface area (Å²) in [4.78, 5) is 17.9. The molecule has 0 saturated carbocycles. The normalized spacial score (nSPS) is 10.5. The van der Waals surface area contributed by atoms with Gasteiger partial charge in [0.2, 0.25) is 5.91 Å². The van der Waals surface area contributed by atoms with Crippen molar-refractivity contribution >= 4 is 34.1 Å². The molecule has 0 unspecified atom stereocenters. The van der Waals surface area contributed by atoms with Crippen molar-refractivity contribution in [1.82, 2.24) is 4.98 Å². The third-order valence-corrected chi connectivity index (χ3v) is 4.46. The number of aryl methyl sites for hydroxylation is 2. The predicted molar refractivity (Wildman–Crippen MR) is 77.3 cm³/mol. The Morgan fingerprint density at radius 3 is 2.63 bits per heavy atom. The van der Waals surface area contributed by atoms with E-state index >= 15 is 0 Å². The molecule has 1 aromatic carbocycles. The molecule has 0 aliphatic rings. The summed E-state index contributed by atoms with van der Waals surface area (Å²) in [6.45, 7) is 3.88. The van der Waals surface area contributed by atoms with Crippen LogP contribution in [0.3, 0.4) is 0 Å². The summed E-state index contributed by atoms with van der Waals surface area (Å²) >= 11 is 2.83. The number of thiazole rings is 1. The fourth-order valence-corrected chi connectivity index (χ4v) is 2.89. The maximum Gasteiger partial charge on any atom is 0.236 e. The number of halogens is 1. The first kappa shape index (κ1) is 14.0. The van der Waals surface area contributed by atoms with E-state index in [9.17, 15) is 9.18 Å². The number of benzene rings is 1. The van der Waals surface area contributed by atoms with E-state index in [-0.39, 0.29) is 17.5 Å². The molecular formula is C13H13FN2OS2. The van der Waals surface area contributed by atoms with Gasteiger partial charge in [-0.15, -0.1) is 23.1 Å². The van der Waals surface area contributed by atoms with Crippen LogP contribution in [0.5, 0.6) is 0 Å². The van der Waals surface area contributed by atoms with Crippen LogP contribution in [0.2, 0.25) is 0 Å². The number of nitrogens with one attached hydrogen (secondary N) is 1. The van der Waals surface area contributed by atoms with Gasteiger partial charge in [-0.1, -0.05) is 0 Å². The van der Waals surface area contributed by atoms with Crippen LogP contribution >= 0.6 is 23.1 Å². The first-order valence-electron chi connectivity index (χ1n) is 5.67. The average Bonchev–Trinajstić information content (AvgIpc) is 2.67. The number of anilines is 1. The minimum absolute atomic E-state index is 0.108. The van der Waals surface area contributed by atoms with Crippen LogP contribution in [0.1, 0.15) is 10.6 Å². The molecule has 0 atom stereocenters. The van der Waals surface area contributed by atoms with Gasteiger partial charge in [-0.2, -0.15) is 0 Å². The van der Waals surface area contributed by atoms with Crippen molar-refractivity contribution < 1.29 is 9.18 Å². The van der Waals surface area contributed by atoms with Crippen LogP contribution in [0.4, 0.5) is 9.52 Å². The van der Waals surface area contributed by atoms with E-state index in [2.05, 4.69) is 10.3 Å². The summed E-state index contributed by atoms with van der Waals surface area (Å²) in [5, 5.41) is 3.38. The zero-order valence-corrected chi connectivity index (χ0v) is 12.2. The third-order valence-electron chi connectivity index (χ3n) is 2.46. The number of carbonyl (C=O) groups is 1. The van der Waals surface area contributed by atoms with E-state index < -0.39 is 0 Å². The molecule has 3 nitrogen and oxygen atoms in total. The summed E-state index contributed by atoms with van der Waals surface area (Å²) in [5.74, 6) is -0.103. The fraction of sp³-hybridized carbons (Fsp3) is 0.231. The van der Waals surface area contributed by atoms with Crippen LogP contribution in [0.25, 0.3) is 0 Å². The van der Waals surface area contributed by atoms with Crippen molar-refractivity contribution in [2.24, 2.45) is 0 Å². The molecule has 0 fully saturated rings. The molecule has 0 bridgehead atoms. The summed E-state index contributed by atoms with van der Waals surface area (Å²) < 4.78 is 12.7. The van der Waals surface area contributed by atoms with Crippen LogP contribution in [-0.4, -0.2) is 16.6 Å². The fourth-order valence-electron chi connectivity index (χ4n) is 1.36. The van der Waals surface area contributed by atoms with Gasteiger partial charge in [-0.3, -0.25) is 4.79 Å². The Labute approximate surface area is 119 Å². The number of rotatable bonds is 4. The molecule has 1 aromatic heterocycles. The zero-order valence-electron chi connectivity index (χ0n) is 10.6. The van der Waals surface area contributed by atoms with E-state index in [0.29, 0.717) is 5.13 Å². The highest BCUT2D eigenvalue weighted by Gasteiger charge is 2.08. The van der Waals surface area contributed by atoms with Crippen LogP contribution < -0.4 is 5.32 Å². The molecule has 0 aliphatic heterocycles. The van der Waals surface area contributed by atoms with Crippen molar-refractivity contribution in [3.05, 3.63) is 40.7 Å². The summed E-state index contributed by atoms with van der Waals surface area (Å²) in [6, 6.07) is 6.08. The van der Waals surface area contributed by atoms with E-state index in [4.69, 9.17) is 0 Å². The highest BCUT2D eigenvalue weighted by molar-refractivity contribution is 8.00. The Kier molecular flexibility index (Phi) is 4.55. The van der Waals surface area contributed by atoms with Gasteiger partial charge in [0.05, 0.1) is 11.4 Å². The van der Waals surface area contributed by atoms with Gasteiger partial charge in [0.25, 0.3) is 0 Å². The Balaban J connectivity index is 1.86. The molecule has 100 valence electrons. The summed E-state index contributed by atoms with van der Waals surface area (Å²) in [7, 11) is 0. The number of carbonyl (C=O) groups excluding carboxylic acids is 1. The largest absolute Gasteiger partial charge is 0.301 e. The topological polar surface area (TPSA) is 42.0 Å². The second kappa shape index (κ2) is 6.16. The van der Waals surface area contributed by atoms with E-state index in [0.717, 1.165) is 15.5 Å². The molecule has 1 amide bonds. The quantitative estimate of drug-likeness (QED) is 0.876. The van der Waals surface area contributed by atoms with Crippen molar-refractivity contribution in [3.8, 4) is 0 Å². The second-order valence-corrected chi connectivity index (χ2v) is 6.20. The monoisotopic (exact) mass is 296 g/mol. The number of hydrogen-bond acceptors (Lipinski definition) is 4. The lowest BCUT2D eigenvalue weighted by Gasteiger charge is -2.02. The molecule has 0 radical (unpaired) electrons.